The largest absolute Gasteiger partial charge is 0.491 e. The number of aromatic nitrogens is 1. The van der Waals surface area contributed by atoms with Gasteiger partial charge in [-0.05, 0) is 19.1 Å². The number of nitrogens with one attached hydrogen (secondary N) is 1. The van der Waals surface area contributed by atoms with E-state index in [9.17, 15) is 35.9 Å². The summed E-state index contributed by atoms with van der Waals surface area (Å²) in [6.45, 7) is 1.18. The minimum absolute atomic E-state index is 0.0787. The van der Waals surface area contributed by atoms with Crippen molar-refractivity contribution in [2.75, 3.05) is 24.5 Å². The summed E-state index contributed by atoms with van der Waals surface area (Å²) in [7, 11) is 0. The van der Waals surface area contributed by atoms with Crippen molar-refractivity contribution < 1.29 is 45.4 Å². The number of rotatable bonds is 3. The SMILES string of the molecule is Cc1cc(N2CC3(CNC3)C2(OC(=O)C(F)(F)F)OC(=O)C(F)(F)F)ccn1. The number of ether oxygens (including phenoxy) is 2. The van der Waals surface area contributed by atoms with Crippen LogP contribution < -0.4 is 10.2 Å². The number of pyridine rings is 1. The van der Waals surface area contributed by atoms with Crippen LogP contribution in [0.15, 0.2) is 18.3 Å². The van der Waals surface area contributed by atoms with Gasteiger partial charge in [-0.1, -0.05) is 0 Å². The van der Waals surface area contributed by atoms with Crippen LogP contribution in [0.1, 0.15) is 5.69 Å². The number of hydrogen-bond acceptors (Lipinski definition) is 7. The van der Waals surface area contributed by atoms with Gasteiger partial charge in [0.15, 0.2) is 0 Å². The Kier molecular flexibility index (Phi) is 4.48. The molecular weight excluding hydrogens is 400 g/mol. The normalized spacial score (nSPS) is 20.2. The van der Waals surface area contributed by atoms with Crippen LogP contribution in [-0.2, 0) is 19.1 Å². The van der Waals surface area contributed by atoms with Crippen LogP contribution in [0.2, 0.25) is 0 Å². The summed E-state index contributed by atoms with van der Waals surface area (Å²) in [5.74, 6) is -8.46. The third-order valence-corrected chi connectivity index (χ3v) is 4.53. The lowest BCUT2D eigenvalue weighted by molar-refractivity contribution is -0.338. The molecule has 0 bridgehead atoms. The zero-order chi connectivity index (χ0) is 21.0. The number of hydrogen-bond donors (Lipinski definition) is 1. The minimum atomic E-state index is -5.51. The van der Waals surface area contributed by atoms with Crippen molar-refractivity contribution >= 4 is 17.6 Å². The predicted molar refractivity (Wildman–Crippen MR) is 78.6 cm³/mol. The summed E-state index contributed by atoms with van der Waals surface area (Å²) < 4.78 is 85.6. The van der Waals surface area contributed by atoms with Gasteiger partial charge in [0.25, 0.3) is 0 Å². The highest BCUT2D eigenvalue weighted by Crippen LogP contribution is 2.54. The molecule has 0 atom stereocenters. The number of aryl methyl sites for hydroxylation is 1. The summed E-state index contributed by atoms with van der Waals surface area (Å²) in [6, 6.07) is 2.63. The molecule has 154 valence electrons. The van der Waals surface area contributed by atoms with Gasteiger partial charge in [-0.3, -0.25) is 9.88 Å². The summed E-state index contributed by atoms with van der Waals surface area (Å²) in [5, 5.41) is 2.68. The molecule has 0 radical (unpaired) electrons. The molecule has 0 unspecified atom stereocenters. The molecule has 7 nitrogen and oxygen atoms in total. The zero-order valence-electron chi connectivity index (χ0n) is 14.1. The van der Waals surface area contributed by atoms with Crippen LogP contribution in [0.5, 0.6) is 0 Å². The van der Waals surface area contributed by atoms with Crippen LogP contribution in [0.25, 0.3) is 0 Å². The maximum absolute atomic E-state index is 12.8. The number of alkyl halides is 6. The first kappa shape index (κ1) is 20.2. The molecule has 0 amide bonds. The number of nitrogens with zero attached hydrogens (tertiary/aromatic N) is 2. The van der Waals surface area contributed by atoms with E-state index in [2.05, 4.69) is 19.8 Å². The van der Waals surface area contributed by atoms with Gasteiger partial charge in [-0.2, -0.15) is 26.3 Å². The van der Waals surface area contributed by atoms with Crippen molar-refractivity contribution in [2.24, 2.45) is 5.41 Å². The van der Waals surface area contributed by atoms with Crippen molar-refractivity contribution in [2.45, 2.75) is 25.2 Å². The lowest BCUT2D eigenvalue weighted by Gasteiger charge is -2.66. The van der Waals surface area contributed by atoms with E-state index in [-0.39, 0.29) is 25.3 Å². The van der Waals surface area contributed by atoms with Gasteiger partial charge < -0.3 is 14.8 Å². The molecule has 1 spiro atoms. The van der Waals surface area contributed by atoms with Gasteiger partial charge in [0, 0.05) is 37.2 Å². The fourth-order valence-corrected chi connectivity index (χ4v) is 3.14. The highest BCUT2D eigenvalue weighted by atomic mass is 19.4. The minimum Gasteiger partial charge on any atom is -0.396 e. The number of esters is 2. The van der Waals surface area contributed by atoms with Gasteiger partial charge in [0.05, 0.1) is 0 Å². The van der Waals surface area contributed by atoms with Gasteiger partial charge in [-0.15, -0.1) is 0 Å². The molecule has 2 aliphatic heterocycles. The second-order valence-electron chi connectivity index (χ2n) is 6.48. The van der Waals surface area contributed by atoms with Crippen molar-refractivity contribution in [3.05, 3.63) is 24.0 Å². The van der Waals surface area contributed by atoms with Gasteiger partial charge in [0.1, 0.15) is 5.41 Å². The van der Waals surface area contributed by atoms with E-state index in [0.717, 1.165) is 4.90 Å². The first-order chi connectivity index (χ1) is 12.8. The van der Waals surface area contributed by atoms with Crippen molar-refractivity contribution in [1.29, 1.82) is 0 Å². The Balaban J connectivity index is 2.06. The summed E-state index contributed by atoms with van der Waals surface area (Å²) >= 11 is 0. The van der Waals surface area contributed by atoms with E-state index < -0.39 is 35.6 Å². The first-order valence-corrected chi connectivity index (χ1v) is 7.82. The van der Waals surface area contributed by atoms with Crippen molar-refractivity contribution in [3.8, 4) is 0 Å². The predicted octanol–water partition coefficient (Wildman–Crippen LogP) is 1.66. The van der Waals surface area contributed by atoms with Crippen LogP contribution in [0.4, 0.5) is 32.0 Å². The van der Waals surface area contributed by atoms with Crippen LogP contribution >= 0.6 is 0 Å². The number of carbonyl (C=O) groups excluding carboxylic acids is 2. The summed E-state index contributed by atoms with van der Waals surface area (Å²) in [4.78, 5) is 27.7. The molecular formula is C15H13F6N3O4. The lowest BCUT2D eigenvalue weighted by Crippen LogP contribution is -2.87. The fourth-order valence-electron chi connectivity index (χ4n) is 3.14. The quantitative estimate of drug-likeness (QED) is 0.459. The van der Waals surface area contributed by atoms with E-state index in [1.807, 2.05) is 0 Å². The number of halogens is 6. The van der Waals surface area contributed by atoms with Gasteiger partial charge >= 0.3 is 30.2 Å². The Morgan fingerprint density at radius 3 is 2.04 bits per heavy atom. The van der Waals surface area contributed by atoms with Crippen molar-refractivity contribution in [1.82, 2.24) is 10.3 Å². The Morgan fingerprint density at radius 1 is 1.11 bits per heavy atom. The molecule has 0 aliphatic carbocycles. The Morgan fingerprint density at radius 2 is 1.64 bits per heavy atom. The standard InChI is InChI=1S/C15H13F6N3O4/c1-8-4-9(2-3-23-8)24-7-12(5-22-6-12)15(24,27-10(25)13(16,17)18)28-11(26)14(19,20)21/h2-4,22H,5-7H2,1H3. The van der Waals surface area contributed by atoms with Gasteiger partial charge in [0.2, 0.25) is 0 Å². The fraction of sp³-hybridized carbons (Fsp3) is 0.533. The molecule has 3 heterocycles. The molecule has 2 fully saturated rings. The molecule has 3 rings (SSSR count). The zero-order valence-corrected chi connectivity index (χ0v) is 14.1. The molecule has 13 heteroatoms. The maximum atomic E-state index is 12.8. The molecule has 1 aromatic heterocycles. The molecule has 28 heavy (non-hydrogen) atoms. The molecule has 2 aliphatic rings. The summed E-state index contributed by atoms with van der Waals surface area (Å²) in [5.41, 5.74) is -0.996. The average Bonchev–Trinajstić information content (AvgIpc) is 2.49. The van der Waals surface area contributed by atoms with E-state index in [0.29, 0.717) is 5.69 Å². The Labute approximate surface area is 153 Å². The Bertz CT molecular complexity index is 778. The van der Waals surface area contributed by atoms with Crippen LogP contribution in [0.3, 0.4) is 0 Å². The highest BCUT2D eigenvalue weighted by molar-refractivity contribution is 5.79. The molecule has 0 aromatic carbocycles. The van der Waals surface area contributed by atoms with E-state index in [1.165, 1.54) is 25.3 Å². The first-order valence-electron chi connectivity index (χ1n) is 7.82. The molecule has 1 aromatic rings. The monoisotopic (exact) mass is 413 g/mol. The van der Waals surface area contributed by atoms with E-state index in [1.54, 1.807) is 0 Å². The maximum Gasteiger partial charge on any atom is 0.491 e. The van der Waals surface area contributed by atoms with E-state index in [4.69, 9.17) is 0 Å². The smallest absolute Gasteiger partial charge is 0.396 e. The third kappa shape index (κ3) is 3.12. The second-order valence-corrected chi connectivity index (χ2v) is 6.48. The molecule has 0 saturated carbocycles. The average molecular weight is 413 g/mol. The number of carbonyl (C=O) groups is 2. The third-order valence-electron chi connectivity index (χ3n) is 4.53. The Hall–Kier alpha value is -2.57. The van der Waals surface area contributed by atoms with Crippen LogP contribution in [0, 0.1) is 12.3 Å². The van der Waals surface area contributed by atoms with Crippen LogP contribution in [-0.4, -0.2) is 54.8 Å². The van der Waals surface area contributed by atoms with Crippen molar-refractivity contribution in [3.63, 3.8) is 0 Å². The lowest BCUT2D eigenvalue weighted by atomic mass is 9.69. The highest BCUT2D eigenvalue weighted by Gasteiger charge is 2.76. The topological polar surface area (TPSA) is 80.8 Å². The second kappa shape index (κ2) is 6.22. The van der Waals surface area contributed by atoms with E-state index >= 15 is 0 Å². The van der Waals surface area contributed by atoms with Gasteiger partial charge in [-0.25, -0.2) is 9.59 Å². The number of anilines is 1. The molecule has 2 saturated heterocycles. The summed E-state index contributed by atoms with van der Waals surface area (Å²) in [6.07, 6.45) is -9.76. The molecule has 1 N–H and O–H groups in total.